The number of hydrogen-bond donors (Lipinski definition) is 1. The molecule has 13 heavy (non-hydrogen) atoms. The third-order valence-corrected chi connectivity index (χ3v) is 2.32. The molecule has 2 aromatic rings. The van der Waals surface area contributed by atoms with Gasteiger partial charge in [-0.05, 0) is 23.6 Å². The Morgan fingerprint density at radius 2 is 2.00 bits per heavy atom. The van der Waals surface area contributed by atoms with E-state index in [9.17, 15) is 4.39 Å². The average molecular weight is 177 g/mol. The summed E-state index contributed by atoms with van der Waals surface area (Å²) in [6.07, 6.45) is 1.76. The van der Waals surface area contributed by atoms with Gasteiger partial charge < -0.3 is 4.98 Å². The highest BCUT2D eigenvalue weighted by atomic mass is 19.1. The van der Waals surface area contributed by atoms with Crippen molar-refractivity contribution < 1.29 is 4.39 Å². The van der Waals surface area contributed by atoms with Crippen molar-refractivity contribution in [2.24, 2.45) is 0 Å². The maximum atomic E-state index is 13.7. The fourth-order valence-corrected chi connectivity index (χ4v) is 1.56. The Balaban J connectivity index is 2.73. The molecule has 1 N–H and O–H groups in total. The highest BCUT2D eigenvalue weighted by Gasteiger charge is 2.09. The summed E-state index contributed by atoms with van der Waals surface area (Å²) < 4.78 is 13.7. The normalized spacial score (nSPS) is 11.4. The summed E-state index contributed by atoms with van der Waals surface area (Å²) in [6.45, 7) is 3.99. The van der Waals surface area contributed by atoms with Gasteiger partial charge in [-0.25, -0.2) is 4.39 Å². The summed E-state index contributed by atoms with van der Waals surface area (Å²) in [6, 6.07) is 5.54. The molecule has 1 heterocycles. The van der Waals surface area contributed by atoms with E-state index >= 15 is 0 Å². The largest absolute Gasteiger partial charge is 0.361 e. The quantitative estimate of drug-likeness (QED) is 0.686. The van der Waals surface area contributed by atoms with Gasteiger partial charge in [-0.1, -0.05) is 19.9 Å². The van der Waals surface area contributed by atoms with E-state index in [1.807, 2.05) is 26.0 Å². The molecule has 0 bridgehead atoms. The van der Waals surface area contributed by atoms with Crippen LogP contribution in [0.25, 0.3) is 10.9 Å². The Labute approximate surface area is 76.6 Å². The minimum atomic E-state index is -0.0891. The molecule has 0 atom stereocenters. The number of nitrogens with one attached hydrogen (secondary N) is 1. The zero-order chi connectivity index (χ0) is 9.42. The van der Waals surface area contributed by atoms with Gasteiger partial charge in [-0.15, -0.1) is 0 Å². The fourth-order valence-electron chi connectivity index (χ4n) is 1.56. The van der Waals surface area contributed by atoms with Crippen molar-refractivity contribution in [2.75, 3.05) is 0 Å². The van der Waals surface area contributed by atoms with Crippen LogP contribution in [-0.4, -0.2) is 4.98 Å². The molecule has 2 heteroatoms. The molecular weight excluding hydrogens is 165 g/mol. The first-order valence-electron chi connectivity index (χ1n) is 4.45. The van der Waals surface area contributed by atoms with Crippen LogP contribution >= 0.6 is 0 Å². The first-order valence-corrected chi connectivity index (χ1v) is 4.45. The molecule has 0 aliphatic rings. The number of H-pyrrole nitrogens is 1. The van der Waals surface area contributed by atoms with E-state index in [1.54, 1.807) is 12.3 Å². The zero-order valence-electron chi connectivity index (χ0n) is 7.76. The lowest BCUT2D eigenvalue weighted by atomic mass is 10.0. The molecule has 0 radical (unpaired) electrons. The standard InChI is InChI=1S/C11H12FN/c1-7(2)8-3-4-10-9(11(8)12)5-6-13-10/h3-7,13H,1-2H3. The van der Waals surface area contributed by atoms with Gasteiger partial charge in [0.05, 0.1) is 0 Å². The molecule has 0 aliphatic heterocycles. The number of rotatable bonds is 1. The number of benzene rings is 1. The number of aromatic amines is 1. The van der Waals surface area contributed by atoms with Crippen LogP contribution in [-0.2, 0) is 0 Å². The van der Waals surface area contributed by atoms with Crippen LogP contribution in [0.2, 0.25) is 0 Å². The van der Waals surface area contributed by atoms with Gasteiger partial charge in [0.1, 0.15) is 5.82 Å². The Morgan fingerprint density at radius 1 is 1.23 bits per heavy atom. The Morgan fingerprint density at radius 3 is 2.69 bits per heavy atom. The first kappa shape index (κ1) is 8.30. The third kappa shape index (κ3) is 1.22. The number of hydrogen-bond acceptors (Lipinski definition) is 0. The second-order valence-corrected chi connectivity index (χ2v) is 3.56. The van der Waals surface area contributed by atoms with Crippen LogP contribution in [0, 0.1) is 5.82 Å². The van der Waals surface area contributed by atoms with E-state index < -0.39 is 0 Å². The minimum Gasteiger partial charge on any atom is -0.361 e. The van der Waals surface area contributed by atoms with Crippen LogP contribution in [0.15, 0.2) is 24.4 Å². The molecule has 0 amide bonds. The van der Waals surface area contributed by atoms with Crippen molar-refractivity contribution in [3.05, 3.63) is 35.8 Å². The maximum absolute atomic E-state index is 13.7. The monoisotopic (exact) mass is 177 g/mol. The van der Waals surface area contributed by atoms with Gasteiger partial charge in [-0.2, -0.15) is 0 Å². The highest BCUT2D eigenvalue weighted by molar-refractivity contribution is 5.80. The smallest absolute Gasteiger partial charge is 0.136 e. The van der Waals surface area contributed by atoms with Crippen LogP contribution in [0.1, 0.15) is 25.3 Å². The molecule has 0 fully saturated rings. The molecule has 0 spiro atoms. The summed E-state index contributed by atoms with van der Waals surface area (Å²) in [7, 11) is 0. The number of halogens is 1. The molecule has 2 rings (SSSR count). The number of fused-ring (bicyclic) bond motifs is 1. The van der Waals surface area contributed by atoms with Crippen molar-refractivity contribution in [1.82, 2.24) is 4.98 Å². The van der Waals surface area contributed by atoms with E-state index in [1.165, 1.54) is 0 Å². The average Bonchev–Trinajstić information content (AvgIpc) is 2.52. The molecule has 1 aromatic carbocycles. The van der Waals surface area contributed by atoms with E-state index in [0.717, 1.165) is 11.1 Å². The van der Waals surface area contributed by atoms with Crippen molar-refractivity contribution in [3.63, 3.8) is 0 Å². The Bertz CT molecular complexity index is 429. The molecule has 1 nitrogen and oxygen atoms in total. The van der Waals surface area contributed by atoms with Crippen molar-refractivity contribution in [2.45, 2.75) is 19.8 Å². The lowest BCUT2D eigenvalue weighted by Gasteiger charge is -2.06. The second-order valence-electron chi connectivity index (χ2n) is 3.56. The van der Waals surface area contributed by atoms with Gasteiger partial charge in [0, 0.05) is 17.1 Å². The summed E-state index contributed by atoms with van der Waals surface area (Å²) in [4.78, 5) is 2.99. The predicted octanol–water partition coefficient (Wildman–Crippen LogP) is 3.43. The van der Waals surface area contributed by atoms with Gasteiger partial charge in [0.25, 0.3) is 0 Å². The predicted molar refractivity (Wildman–Crippen MR) is 52.3 cm³/mol. The van der Waals surface area contributed by atoms with Crippen LogP contribution in [0.4, 0.5) is 4.39 Å². The van der Waals surface area contributed by atoms with E-state index in [-0.39, 0.29) is 11.7 Å². The molecule has 0 unspecified atom stereocenters. The second kappa shape index (κ2) is 2.87. The van der Waals surface area contributed by atoms with E-state index in [4.69, 9.17) is 0 Å². The van der Waals surface area contributed by atoms with Gasteiger partial charge >= 0.3 is 0 Å². The third-order valence-electron chi connectivity index (χ3n) is 2.32. The summed E-state index contributed by atoms with van der Waals surface area (Å²) in [5, 5.41) is 0.686. The molecule has 0 saturated carbocycles. The topological polar surface area (TPSA) is 15.8 Å². The van der Waals surface area contributed by atoms with E-state index in [0.29, 0.717) is 5.39 Å². The van der Waals surface area contributed by atoms with Crippen molar-refractivity contribution >= 4 is 10.9 Å². The maximum Gasteiger partial charge on any atom is 0.136 e. The SMILES string of the molecule is CC(C)c1ccc2[nH]ccc2c1F. The highest BCUT2D eigenvalue weighted by Crippen LogP contribution is 2.25. The van der Waals surface area contributed by atoms with Gasteiger partial charge in [0.2, 0.25) is 0 Å². The first-order chi connectivity index (χ1) is 6.20. The molecular formula is C11H12FN. The van der Waals surface area contributed by atoms with E-state index in [2.05, 4.69) is 4.98 Å². The fraction of sp³-hybridized carbons (Fsp3) is 0.273. The lowest BCUT2D eigenvalue weighted by molar-refractivity contribution is 0.610. The van der Waals surface area contributed by atoms with Crippen LogP contribution < -0.4 is 0 Å². The van der Waals surface area contributed by atoms with Gasteiger partial charge in [0.15, 0.2) is 0 Å². The van der Waals surface area contributed by atoms with Crippen LogP contribution in [0.3, 0.4) is 0 Å². The summed E-state index contributed by atoms with van der Waals surface area (Å²) >= 11 is 0. The van der Waals surface area contributed by atoms with Crippen molar-refractivity contribution in [1.29, 1.82) is 0 Å². The number of aromatic nitrogens is 1. The zero-order valence-corrected chi connectivity index (χ0v) is 7.76. The molecule has 0 aliphatic carbocycles. The van der Waals surface area contributed by atoms with Gasteiger partial charge in [-0.3, -0.25) is 0 Å². The summed E-state index contributed by atoms with van der Waals surface area (Å²) in [5.74, 6) is 0.146. The molecule has 1 aromatic heterocycles. The minimum absolute atomic E-state index is 0.0891. The Kier molecular flexibility index (Phi) is 1.83. The Hall–Kier alpha value is -1.31. The molecule has 68 valence electrons. The summed E-state index contributed by atoms with van der Waals surface area (Å²) in [5.41, 5.74) is 1.65. The lowest BCUT2D eigenvalue weighted by Crippen LogP contribution is -1.92. The van der Waals surface area contributed by atoms with Crippen LogP contribution in [0.5, 0.6) is 0 Å². The van der Waals surface area contributed by atoms with Crippen molar-refractivity contribution in [3.8, 4) is 0 Å². The molecule has 0 saturated heterocycles.